The Morgan fingerprint density at radius 2 is 1.92 bits per heavy atom. The predicted octanol–water partition coefficient (Wildman–Crippen LogP) is 4.23. The largest absolute Gasteiger partial charge is 0.0840 e. The first-order chi connectivity index (χ1) is 5.69. The molecule has 0 aliphatic heterocycles. The first-order valence-corrected chi connectivity index (χ1v) is 5.32. The predicted molar refractivity (Wildman–Crippen MR) is 57.9 cm³/mol. The van der Waals surface area contributed by atoms with Gasteiger partial charge in [-0.1, -0.05) is 41.4 Å². The molecule has 0 aliphatic carbocycles. The van der Waals surface area contributed by atoms with Crippen molar-refractivity contribution in [3.8, 4) is 0 Å². The van der Waals surface area contributed by atoms with E-state index in [0.717, 1.165) is 22.3 Å². The molecule has 12 heavy (non-hydrogen) atoms. The Bertz CT molecular complexity index is 281. The molecule has 0 atom stereocenters. The van der Waals surface area contributed by atoms with Gasteiger partial charge in [0.2, 0.25) is 0 Å². The summed E-state index contributed by atoms with van der Waals surface area (Å²) in [6.45, 7) is 4.28. The van der Waals surface area contributed by atoms with Crippen molar-refractivity contribution >= 4 is 27.5 Å². The molecular formula is C10H12BrCl. The normalized spacial score (nSPS) is 10.3. The van der Waals surface area contributed by atoms with Crippen LogP contribution in [-0.4, -0.2) is 0 Å². The zero-order valence-electron chi connectivity index (χ0n) is 7.32. The highest BCUT2D eigenvalue weighted by molar-refractivity contribution is 9.10. The Balaban J connectivity index is 3.24. The van der Waals surface area contributed by atoms with E-state index in [-0.39, 0.29) is 0 Å². The van der Waals surface area contributed by atoms with Gasteiger partial charge in [0.15, 0.2) is 0 Å². The minimum atomic E-state index is 0.878. The molecule has 0 saturated carbocycles. The molecule has 0 fully saturated rings. The smallest absolute Gasteiger partial charge is 0.0451 e. The highest BCUT2D eigenvalue weighted by atomic mass is 79.9. The van der Waals surface area contributed by atoms with E-state index in [1.165, 1.54) is 11.1 Å². The summed E-state index contributed by atoms with van der Waals surface area (Å²) in [6, 6.07) is 4.10. The molecule has 0 aromatic heterocycles. The fraction of sp³-hybridized carbons (Fsp3) is 0.400. The second kappa shape index (κ2) is 4.29. The van der Waals surface area contributed by atoms with Crippen molar-refractivity contribution in [3.63, 3.8) is 0 Å². The van der Waals surface area contributed by atoms with Gasteiger partial charge < -0.3 is 0 Å². The van der Waals surface area contributed by atoms with Crippen LogP contribution in [0.4, 0.5) is 0 Å². The molecule has 0 N–H and O–H groups in total. The Labute approximate surface area is 87.1 Å². The Morgan fingerprint density at radius 1 is 1.25 bits per heavy atom. The van der Waals surface area contributed by atoms with Gasteiger partial charge in [-0.15, -0.1) is 0 Å². The summed E-state index contributed by atoms with van der Waals surface area (Å²) in [6.07, 6.45) is 2.05. The van der Waals surface area contributed by atoms with Crippen molar-refractivity contribution in [1.82, 2.24) is 0 Å². The van der Waals surface area contributed by atoms with Gasteiger partial charge in [0.05, 0.1) is 0 Å². The lowest BCUT2D eigenvalue weighted by molar-refractivity contribution is 1.03. The Kier molecular flexibility index (Phi) is 3.60. The third kappa shape index (κ3) is 2.02. The third-order valence-electron chi connectivity index (χ3n) is 1.99. The molecule has 1 rings (SSSR count). The molecule has 0 bridgehead atoms. The van der Waals surface area contributed by atoms with Gasteiger partial charge >= 0.3 is 0 Å². The van der Waals surface area contributed by atoms with E-state index in [1.807, 2.05) is 6.07 Å². The lowest BCUT2D eigenvalue weighted by atomic mass is 10.0. The Morgan fingerprint density at radius 3 is 2.42 bits per heavy atom. The quantitative estimate of drug-likeness (QED) is 0.734. The minimum Gasteiger partial charge on any atom is -0.0840 e. The second-order valence-corrected chi connectivity index (χ2v) is 4.06. The lowest BCUT2D eigenvalue weighted by Gasteiger charge is -2.08. The molecule has 0 spiro atoms. The van der Waals surface area contributed by atoms with Gasteiger partial charge in [-0.3, -0.25) is 0 Å². The number of rotatable bonds is 2. The van der Waals surface area contributed by atoms with Crippen molar-refractivity contribution in [1.29, 1.82) is 0 Å². The van der Waals surface area contributed by atoms with E-state index in [1.54, 1.807) is 0 Å². The molecule has 66 valence electrons. The van der Waals surface area contributed by atoms with E-state index < -0.39 is 0 Å². The Hall–Kier alpha value is -0.0100. The first kappa shape index (κ1) is 10.1. The standard InChI is InChI=1S/C10H12BrCl/c1-3-7-5-8(11)6-10(12)9(7)4-2/h5-6H,3-4H2,1-2H3. The molecule has 0 radical (unpaired) electrons. The number of hydrogen-bond donors (Lipinski definition) is 0. The summed E-state index contributed by atoms with van der Waals surface area (Å²) < 4.78 is 1.07. The van der Waals surface area contributed by atoms with Crippen LogP contribution in [0.5, 0.6) is 0 Å². The van der Waals surface area contributed by atoms with Gasteiger partial charge in [0, 0.05) is 9.50 Å². The maximum Gasteiger partial charge on any atom is 0.0451 e. The zero-order valence-corrected chi connectivity index (χ0v) is 9.67. The van der Waals surface area contributed by atoms with Gasteiger partial charge in [-0.2, -0.15) is 0 Å². The molecule has 1 aromatic rings. The van der Waals surface area contributed by atoms with E-state index in [9.17, 15) is 0 Å². The van der Waals surface area contributed by atoms with E-state index in [2.05, 4.69) is 35.8 Å². The van der Waals surface area contributed by atoms with Crippen LogP contribution >= 0.6 is 27.5 Å². The number of hydrogen-bond acceptors (Lipinski definition) is 0. The average molecular weight is 248 g/mol. The van der Waals surface area contributed by atoms with Crippen molar-refractivity contribution in [2.24, 2.45) is 0 Å². The van der Waals surface area contributed by atoms with E-state index in [4.69, 9.17) is 11.6 Å². The third-order valence-corrected chi connectivity index (χ3v) is 2.78. The molecule has 0 aliphatic rings. The van der Waals surface area contributed by atoms with E-state index in [0.29, 0.717) is 0 Å². The molecule has 0 unspecified atom stereocenters. The summed E-state index contributed by atoms with van der Waals surface area (Å²) in [5.74, 6) is 0. The fourth-order valence-corrected chi connectivity index (χ4v) is 2.38. The fourth-order valence-electron chi connectivity index (χ4n) is 1.37. The summed E-state index contributed by atoms with van der Waals surface area (Å²) in [7, 11) is 0. The maximum atomic E-state index is 6.08. The van der Waals surface area contributed by atoms with Crippen molar-refractivity contribution in [2.75, 3.05) is 0 Å². The van der Waals surface area contributed by atoms with Crippen molar-refractivity contribution in [2.45, 2.75) is 26.7 Å². The van der Waals surface area contributed by atoms with Gasteiger partial charge in [0.1, 0.15) is 0 Å². The van der Waals surface area contributed by atoms with Crippen LogP contribution in [0.25, 0.3) is 0 Å². The van der Waals surface area contributed by atoms with Crippen LogP contribution in [0, 0.1) is 0 Å². The van der Waals surface area contributed by atoms with Crippen LogP contribution in [0.3, 0.4) is 0 Å². The van der Waals surface area contributed by atoms with Crippen LogP contribution in [0.1, 0.15) is 25.0 Å². The monoisotopic (exact) mass is 246 g/mol. The maximum absolute atomic E-state index is 6.08. The number of benzene rings is 1. The molecule has 1 aromatic carbocycles. The molecule has 2 heteroatoms. The summed E-state index contributed by atoms with van der Waals surface area (Å²) in [5, 5.41) is 0.878. The molecule has 0 amide bonds. The van der Waals surface area contributed by atoms with Crippen LogP contribution in [-0.2, 0) is 12.8 Å². The van der Waals surface area contributed by atoms with Gasteiger partial charge in [-0.25, -0.2) is 0 Å². The van der Waals surface area contributed by atoms with Crippen molar-refractivity contribution in [3.05, 3.63) is 32.8 Å². The molecular weight excluding hydrogens is 235 g/mol. The molecule has 0 nitrogen and oxygen atoms in total. The SMILES string of the molecule is CCc1cc(Br)cc(Cl)c1CC. The minimum absolute atomic E-state index is 0.878. The van der Waals surface area contributed by atoms with Crippen LogP contribution < -0.4 is 0 Å². The first-order valence-electron chi connectivity index (χ1n) is 4.15. The summed E-state index contributed by atoms with van der Waals surface area (Å²) >= 11 is 9.52. The van der Waals surface area contributed by atoms with Gasteiger partial charge in [0.25, 0.3) is 0 Å². The van der Waals surface area contributed by atoms with Gasteiger partial charge in [-0.05, 0) is 36.1 Å². The van der Waals surface area contributed by atoms with Crippen LogP contribution in [0.15, 0.2) is 16.6 Å². The zero-order chi connectivity index (χ0) is 9.14. The highest BCUT2D eigenvalue weighted by Gasteiger charge is 2.04. The number of halogens is 2. The average Bonchev–Trinajstić information content (AvgIpc) is 2.03. The molecule has 0 heterocycles. The van der Waals surface area contributed by atoms with E-state index >= 15 is 0 Å². The lowest BCUT2D eigenvalue weighted by Crippen LogP contribution is -1.92. The topological polar surface area (TPSA) is 0 Å². The molecule has 0 saturated heterocycles. The van der Waals surface area contributed by atoms with Crippen LogP contribution in [0.2, 0.25) is 5.02 Å². The summed E-state index contributed by atoms with van der Waals surface area (Å²) in [5.41, 5.74) is 2.62. The van der Waals surface area contributed by atoms with Crippen molar-refractivity contribution < 1.29 is 0 Å². The highest BCUT2D eigenvalue weighted by Crippen LogP contribution is 2.26. The summed E-state index contributed by atoms with van der Waals surface area (Å²) in [4.78, 5) is 0. The second-order valence-electron chi connectivity index (χ2n) is 2.73. The number of aryl methyl sites for hydroxylation is 1.